The standard InChI is InChI=1S/C12H16N4OS/c1-17-6-12(3-2-4-12)7-18-11-15-9-5-13-8-14-10(9)16-11/h5,8H,2-4,6-7H2,1H3,(H,13,14,15,16). The smallest absolute Gasteiger partial charge is 0.181 e. The van der Waals surface area contributed by atoms with E-state index in [1.54, 1.807) is 25.1 Å². The van der Waals surface area contributed by atoms with E-state index in [-0.39, 0.29) is 0 Å². The highest BCUT2D eigenvalue weighted by molar-refractivity contribution is 7.99. The maximum atomic E-state index is 5.33. The number of fused-ring (bicyclic) bond motifs is 1. The van der Waals surface area contributed by atoms with Crippen molar-refractivity contribution in [2.45, 2.75) is 24.4 Å². The van der Waals surface area contributed by atoms with Crippen molar-refractivity contribution in [3.63, 3.8) is 0 Å². The van der Waals surface area contributed by atoms with Crippen LogP contribution in [-0.2, 0) is 4.74 Å². The van der Waals surface area contributed by atoms with Gasteiger partial charge in [-0.3, -0.25) is 0 Å². The summed E-state index contributed by atoms with van der Waals surface area (Å²) in [6, 6.07) is 0. The first-order valence-electron chi connectivity index (χ1n) is 6.09. The molecule has 0 bridgehead atoms. The predicted molar refractivity (Wildman–Crippen MR) is 70.6 cm³/mol. The molecule has 5 nitrogen and oxygen atoms in total. The van der Waals surface area contributed by atoms with E-state index >= 15 is 0 Å². The van der Waals surface area contributed by atoms with Crippen molar-refractivity contribution >= 4 is 22.9 Å². The third kappa shape index (κ3) is 2.22. The SMILES string of the molecule is COCC1(CSc2nc3ncncc3[nH]2)CCC1. The molecule has 1 aliphatic carbocycles. The van der Waals surface area contributed by atoms with Crippen molar-refractivity contribution < 1.29 is 4.74 Å². The van der Waals surface area contributed by atoms with Crippen molar-refractivity contribution in [3.05, 3.63) is 12.5 Å². The lowest BCUT2D eigenvalue weighted by Crippen LogP contribution is -2.36. The van der Waals surface area contributed by atoms with Gasteiger partial charge in [0.2, 0.25) is 0 Å². The third-order valence-corrected chi connectivity index (χ3v) is 4.74. The lowest BCUT2D eigenvalue weighted by atomic mass is 9.71. The molecule has 18 heavy (non-hydrogen) atoms. The molecule has 2 aromatic heterocycles. The van der Waals surface area contributed by atoms with Crippen LogP contribution in [-0.4, -0.2) is 39.4 Å². The summed E-state index contributed by atoms with van der Waals surface area (Å²) in [5.74, 6) is 1.05. The third-order valence-electron chi connectivity index (χ3n) is 3.52. The van der Waals surface area contributed by atoms with Crippen molar-refractivity contribution in [2.24, 2.45) is 5.41 Å². The van der Waals surface area contributed by atoms with E-state index in [2.05, 4.69) is 19.9 Å². The van der Waals surface area contributed by atoms with Crippen molar-refractivity contribution in [2.75, 3.05) is 19.5 Å². The van der Waals surface area contributed by atoms with Gasteiger partial charge in [-0.15, -0.1) is 0 Å². The van der Waals surface area contributed by atoms with Crippen LogP contribution in [0.3, 0.4) is 0 Å². The van der Waals surface area contributed by atoms with Crippen LogP contribution in [0.2, 0.25) is 0 Å². The van der Waals surface area contributed by atoms with Gasteiger partial charge in [0, 0.05) is 18.3 Å². The number of methoxy groups -OCH3 is 1. The van der Waals surface area contributed by atoms with E-state index in [1.165, 1.54) is 25.6 Å². The Kier molecular flexibility index (Phi) is 3.22. The average molecular weight is 264 g/mol. The van der Waals surface area contributed by atoms with Gasteiger partial charge in [0.1, 0.15) is 11.8 Å². The molecule has 96 valence electrons. The van der Waals surface area contributed by atoms with Crippen molar-refractivity contribution in [1.29, 1.82) is 0 Å². The van der Waals surface area contributed by atoms with E-state index in [4.69, 9.17) is 4.74 Å². The van der Waals surface area contributed by atoms with Gasteiger partial charge in [0.25, 0.3) is 0 Å². The van der Waals surface area contributed by atoms with Gasteiger partial charge >= 0.3 is 0 Å². The molecule has 0 saturated heterocycles. The Balaban J connectivity index is 1.69. The molecule has 0 aliphatic heterocycles. The summed E-state index contributed by atoms with van der Waals surface area (Å²) >= 11 is 1.75. The maximum Gasteiger partial charge on any atom is 0.181 e. The first-order valence-corrected chi connectivity index (χ1v) is 7.07. The van der Waals surface area contributed by atoms with Gasteiger partial charge in [-0.25, -0.2) is 15.0 Å². The zero-order valence-electron chi connectivity index (χ0n) is 10.3. The highest BCUT2D eigenvalue weighted by Gasteiger charge is 2.37. The first kappa shape index (κ1) is 11.9. The summed E-state index contributed by atoms with van der Waals surface area (Å²) in [6.07, 6.45) is 7.11. The zero-order valence-corrected chi connectivity index (χ0v) is 11.2. The van der Waals surface area contributed by atoms with Gasteiger partial charge in [0.15, 0.2) is 10.8 Å². The molecule has 1 N–H and O–H groups in total. The molecule has 3 rings (SSSR count). The minimum absolute atomic E-state index is 0.351. The fourth-order valence-electron chi connectivity index (χ4n) is 2.34. The van der Waals surface area contributed by atoms with Gasteiger partial charge in [-0.05, 0) is 12.8 Å². The highest BCUT2D eigenvalue weighted by Crippen LogP contribution is 2.44. The number of hydrogen-bond donors (Lipinski definition) is 1. The zero-order chi connectivity index (χ0) is 12.4. The molecule has 0 atom stereocenters. The quantitative estimate of drug-likeness (QED) is 0.839. The predicted octanol–water partition coefficient (Wildman–Crippen LogP) is 2.26. The summed E-state index contributed by atoms with van der Waals surface area (Å²) in [7, 11) is 1.78. The molecule has 1 fully saturated rings. The Labute approximate surface area is 110 Å². The van der Waals surface area contributed by atoms with Crippen LogP contribution in [0, 0.1) is 5.41 Å². The van der Waals surface area contributed by atoms with Crippen LogP contribution >= 0.6 is 11.8 Å². The normalized spacial score (nSPS) is 17.8. The van der Waals surface area contributed by atoms with Crippen LogP contribution in [0.25, 0.3) is 11.2 Å². The number of aromatic amines is 1. The number of imidazole rings is 1. The monoisotopic (exact) mass is 264 g/mol. The van der Waals surface area contributed by atoms with Crippen LogP contribution in [0.1, 0.15) is 19.3 Å². The number of H-pyrrole nitrogens is 1. The molecule has 0 amide bonds. The minimum atomic E-state index is 0.351. The number of nitrogens with zero attached hydrogens (tertiary/aromatic N) is 3. The highest BCUT2D eigenvalue weighted by atomic mass is 32.2. The molecule has 1 saturated carbocycles. The molecule has 0 spiro atoms. The average Bonchev–Trinajstić information content (AvgIpc) is 2.75. The first-order chi connectivity index (χ1) is 8.81. The Hall–Kier alpha value is -1.14. The van der Waals surface area contributed by atoms with Gasteiger partial charge < -0.3 is 9.72 Å². The Morgan fingerprint density at radius 3 is 3.06 bits per heavy atom. The molecular formula is C12H16N4OS. The number of hydrogen-bond acceptors (Lipinski definition) is 5. The van der Waals surface area contributed by atoms with Crippen LogP contribution in [0.4, 0.5) is 0 Å². The number of aromatic nitrogens is 4. The van der Waals surface area contributed by atoms with E-state index in [9.17, 15) is 0 Å². The number of ether oxygens (including phenoxy) is 1. The Bertz CT molecular complexity index is 505. The second-order valence-corrected chi connectivity index (χ2v) is 5.84. The van der Waals surface area contributed by atoms with E-state index < -0.39 is 0 Å². The van der Waals surface area contributed by atoms with Crippen LogP contribution < -0.4 is 0 Å². The molecule has 2 aromatic rings. The summed E-state index contributed by atoms with van der Waals surface area (Å²) < 4.78 is 5.33. The molecule has 0 radical (unpaired) electrons. The maximum absolute atomic E-state index is 5.33. The molecule has 0 aromatic carbocycles. The molecular weight excluding hydrogens is 248 g/mol. The molecule has 6 heteroatoms. The fourth-order valence-corrected chi connectivity index (χ4v) is 3.49. The second kappa shape index (κ2) is 4.85. The van der Waals surface area contributed by atoms with Crippen LogP contribution in [0.15, 0.2) is 17.7 Å². The van der Waals surface area contributed by atoms with Gasteiger partial charge in [0.05, 0.1) is 12.8 Å². The summed E-state index contributed by atoms with van der Waals surface area (Å²) in [5.41, 5.74) is 1.99. The minimum Gasteiger partial charge on any atom is -0.384 e. The van der Waals surface area contributed by atoms with E-state index in [0.29, 0.717) is 5.41 Å². The lowest BCUT2D eigenvalue weighted by molar-refractivity contribution is 0.0371. The summed E-state index contributed by atoms with van der Waals surface area (Å²) in [4.78, 5) is 15.8. The number of thioether (sulfide) groups is 1. The van der Waals surface area contributed by atoms with Gasteiger partial charge in [-0.1, -0.05) is 18.2 Å². The van der Waals surface area contributed by atoms with Crippen molar-refractivity contribution in [1.82, 2.24) is 19.9 Å². The largest absolute Gasteiger partial charge is 0.384 e. The summed E-state index contributed by atoms with van der Waals surface area (Å²) in [6.45, 7) is 0.847. The molecule has 1 aliphatic rings. The topological polar surface area (TPSA) is 63.7 Å². The second-order valence-electron chi connectivity index (χ2n) is 4.88. The Morgan fingerprint density at radius 1 is 1.50 bits per heavy atom. The van der Waals surface area contributed by atoms with E-state index in [1.807, 2.05) is 0 Å². The Morgan fingerprint density at radius 2 is 2.39 bits per heavy atom. The summed E-state index contributed by atoms with van der Waals surface area (Å²) in [5, 5.41) is 0.924. The number of rotatable bonds is 5. The van der Waals surface area contributed by atoms with Crippen LogP contribution in [0.5, 0.6) is 0 Å². The van der Waals surface area contributed by atoms with Gasteiger partial charge in [-0.2, -0.15) is 0 Å². The fraction of sp³-hybridized carbons (Fsp3) is 0.583. The lowest BCUT2D eigenvalue weighted by Gasteiger charge is -2.40. The number of nitrogens with one attached hydrogen (secondary N) is 1. The van der Waals surface area contributed by atoms with Crippen molar-refractivity contribution in [3.8, 4) is 0 Å². The molecule has 0 unspecified atom stereocenters. The molecule has 2 heterocycles. The van der Waals surface area contributed by atoms with E-state index in [0.717, 1.165) is 28.7 Å².